The van der Waals surface area contributed by atoms with E-state index in [4.69, 9.17) is 15.5 Å². The van der Waals surface area contributed by atoms with Gasteiger partial charge >= 0.3 is 6.09 Å². The zero-order valence-corrected chi connectivity index (χ0v) is 14.6. The number of primary amides is 1. The molecule has 0 spiro atoms. The van der Waals surface area contributed by atoms with Gasteiger partial charge in [-0.2, -0.15) is 0 Å². The molecule has 0 bridgehead atoms. The average molecular weight is 346 g/mol. The van der Waals surface area contributed by atoms with E-state index >= 15 is 0 Å². The van der Waals surface area contributed by atoms with Crippen LogP contribution >= 0.6 is 11.3 Å². The minimum Gasteiger partial charge on any atom is -0.450 e. The van der Waals surface area contributed by atoms with E-state index in [9.17, 15) is 4.79 Å². The van der Waals surface area contributed by atoms with E-state index in [0.29, 0.717) is 6.61 Å². The molecule has 3 aromatic rings. The van der Waals surface area contributed by atoms with Crippen LogP contribution in [-0.4, -0.2) is 27.2 Å². The topological polar surface area (TPSA) is 83.0 Å². The standard InChI is InChI=1S/C17H22N4O2S/c1-2-3-6-14-20-13-11-19-12-7-10-24-16(12)15(13)21(14)8-4-5-9-23-17(18)22/h7,10-11H,2-6,8-9H2,1H3,(H2,18,22). The van der Waals surface area contributed by atoms with Crippen LogP contribution in [0.15, 0.2) is 17.6 Å². The summed E-state index contributed by atoms with van der Waals surface area (Å²) < 4.78 is 8.31. The second-order valence-corrected chi connectivity index (χ2v) is 6.70. The summed E-state index contributed by atoms with van der Waals surface area (Å²) in [6.07, 6.45) is 6.08. The normalized spacial score (nSPS) is 11.4. The molecule has 0 aliphatic rings. The fraction of sp³-hybridized carbons (Fsp3) is 0.471. The number of aryl methyl sites for hydroxylation is 2. The molecule has 0 atom stereocenters. The Balaban J connectivity index is 1.86. The zero-order chi connectivity index (χ0) is 16.9. The van der Waals surface area contributed by atoms with Gasteiger partial charge in [0.25, 0.3) is 0 Å². The number of rotatable bonds is 8. The Labute approximate surface area is 144 Å². The molecule has 3 aromatic heterocycles. The van der Waals surface area contributed by atoms with E-state index in [1.165, 1.54) is 10.2 Å². The number of ether oxygens (including phenoxy) is 1. The molecule has 0 aromatic carbocycles. The van der Waals surface area contributed by atoms with Gasteiger partial charge in [-0.1, -0.05) is 13.3 Å². The Bertz CT molecular complexity index is 840. The average Bonchev–Trinajstić information content (AvgIpc) is 3.16. The van der Waals surface area contributed by atoms with Gasteiger partial charge in [0.15, 0.2) is 0 Å². The predicted molar refractivity (Wildman–Crippen MR) is 96.3 cm³/mol. The van der Waals surface area contributed by atoms with Crippen LogP contribution in [0.25, 0.3) is 21.3 Å². The quantitative estimate of drug-likeness (QED) is 0.628. The number of fused-ring (bicyclic) bond motifs is 3. The minimum atomic E-state index is -0.710. The maximum absolute atomic E-state index is 10.6. The molecule has 0 aliphatic heterocycles. The number of nitrogens with zero attached hydrogens (tertiary/aromatic N) is 3. The summed E-state index contributed by atoms with van der Waals surface area (Å²) in [6.45, 7) is 3.41. The molecule has 1 amide bonds. The van der Waals surface area contributed by atoms with Crippen molar-refractivity contribution in [3.05, 3.63) is 23.5 Å². The molecule has 3 rings (SSSR count). The molecule has 6 nitrogen and oxygen atoms in total. The Morgan fingerprint density at radius 2 is 2.21 bits per heavy atom. The number of carbonyl (C=O) groups excluding carboxylic acids is 1. The van der Waals surface area contributed by atoms with Crippen LogP contribution in [0.3, 0.4) is 0 Å². The van der Waals surface area contributed by atoms with E-state index in [0.717, 1.165) is 55.5 Å². The van der Waals surface area contributed by atoms with Crippen molar-refractivity contribution in [2.24, 2.45) is 5.73 Å². The number of carbonyl (C=O) groups is 1. The number of hydrogen-bond acceptors (Lipinski definition) is 5. The summed E-state index contributed by atoms with van der Waals surface area (Å²) in [7, 11) is 0. The Hall–Kier alpha value is -2.15. The first-order chi connectivity index (χ1) is 11.7. The van der Waals surface area contributed by atoms with Crippen molar-refractivity contribution in [2.45, 2.75) is 45.6 Å². The summed E-state index contributed by atoms with van der Waals surface area (Å²) in [4.78, 5) is 19.9. The van der Waals surface area contributed by atoms with Crippen LogP contribution < -0.4 is 5.73 Å². The Morgan fingerprint density at radius 3 is 3.00 bits per heavy atom. The van der Waals surface area contributed by atoms with Crippen LogP contribution in [0.2, 0.25) is 0 Å². The third-order valence-electron chi connectivity index (χ3n) is 4.03. The minimum absolute atomic E-state index is 0.363. The third kappa shape index (κ3) is 3.51. The number of aromatic nitrogens is 3. The maximum Gasteiger partial charge on any atom is 0.404 e. The molecular formula is C17H22N4O2S. The SMILES string of the molecule is CCCCc1nc2cnc3ccsc3c2n1CCCCOC(N)=O. The van der Waals surface area contributed by atoms with E-state index < -0.39 is 6.09 Å². The van der Waals surface area contributed by atoms with Gasteiger partial charge in [0, 0.05) is 13.0 Å². The molecule has 128 valence electrons. The lowest BCUT2D eigenvalue weighted by Crippen LogP contribution is -2.14. The lowest BCUT2D eigenvalue weighted by molar-refractivity contribution is 0.154. The lowest BCUT2D eigenvalue weighted by Gasteiger charge is -2.09. The molecular weight excluding hydrogens is 324 g/mol. The molecule has 0 aliphatic carbocycles. The molecule has 24 heavy (non-hydrogen) atoms. The highest BCUT2D eigenvalue weighted by Crippen LogP contribution is 2.29. The van der Waals surface area contributed by atoms with Gasteiger partial charge in [0.2, 0.25) is 0 Å². The number of amides is 1. The van der Waals surface area contributed by atoms with Crippen LogP contribution in [0.5, 0.6) is 0 Å². The van der Waals surface area contributed by atoms with Gasteiger partial charge in [-0.05, 0) is 30.7 Å². The smallest absolute Gasteiger partial charge is 0.404 e. The summed E-state index contributed by atoms with van der Waals surface area (Å²) in [5.41, 5.74) is 8.15. The fourth-order valence-electron chi connectivity index (χ4n) is 2.87. The van der Waals surface area contributed by atoms with E-state index in [1.807, 2.05) is 12.3 Å². The monoisotopic (exact) mass is 346 g/mol. The first-order valence-corrected chi connectivity index (χ1v) is 9.22. The van der Waals surface area contributed by atoms with Gasteiger partial charge in [-0.3, -0.25) is 4.98 Å². The molecule has 0 unspecified atom stereocenters. The van der Waals surface area contributed by atoms with E-state index in [-0.39, 0.29) is 0 Å². The van der Waals surface area contributed by atoms with Crippen molar-refractivity contribution in [3.63, 3.8) is 0 Å². The molecule has 2 N–H and O–H groups in total. The zero-order valence-electron chi connectivity index (χ0n) is 13.8. The van der Waals surface area contributed by atoms with Gasteiger partial charge in [0.05, 0.1) is 28.5 Å². The second kappa shape index (κ2) is 7.61. The number of pyridine rings is 1. The predicted octanol–water partition coefficient (Wildman–Crippen LogP) is 3.86. The molecule has 7 heteroatoms. The first-order valence-electron chi connectivity index (χ1n) is 8.34. The van der Waals surface area contributed by atoms with Gasteiger partial charge in [-0.25, -0.2) is 9.78 Å². The molecule has 0 radical (unpaired) electrons. The second-order valence-electron chi connectivity index (χ2n) is 5.78. The van der Waals surface area contributed by atoms with Crippen LogP contribution in [0.4, 0.5) is 4.79 Å². The molecule has 3 heterocycles. The lowest BCUT2D eigenvalue weighted by atomic mass is 10.2. The van der Waals surface area contributed by atoms with E-state index in [1.54, 1.807) is 11.3 Å². The van der Waals surface area contributed by atoms with Gasteiger partial charge in [-0.15, -0.1) is 11.3 Å². The van der Waals surface area contributed by atoms with Crippen LogP contribution in [0.1, 0.15) is 38.4 Å². The summed E-state index contributed by atoms with van der Waals surface area (Å²) >= 11 is 1.71. The van der Waals surface area contributed by atoms with Gasteiger partial charge < -0.3 is 15.0 Å². The fourth-order valence-corrected chi connectivity index (χ4v) is 3.77. The summed E-state index contributed by atoms with van der Waals surface area (Å²) in [5, 5.41) is 2.07. The Morgan fingerprint density at radius 1 is 1.33 bits per heavy atom. The highest BCUT2D eigenvalue weighted by molar-refractivity contribution is 7.18. The number of thiophene rings is 1. The van der Waals surface area contributed by atoms with Crippen molar-refractivity contribution in [1.29, 1.82) is 0 Å². The van der Waals surface area contributed by atoms with Crippen molar-refractivity contribution >= 4 is 38.7 Å². The van der Waals surface area contributed by atoms with Crippen molar-refractivity contribution in [1.82, 2.24) is 14.5 Å². The van der Waals surface area contributed by atoms with Crippen LogP contribution in [0, 0.1) is 0 Å². The first kappa shape index (κ1) is 16.7. The number of hydrogen-bond donors (Lipinski definition) is 1. The number of unbranched alkanes of at least 4 members (excludes halogenated alkanes) is 2. The number of imidazole rings is 1. The number of nitrogens with two attached hydrogens (primary N) is 1. The molecule has 0 saturated carbocycles. The van der Waals surface area contributed by atoms with Crippen molar-refractivity contribution in [2.75, 3.05) is 6.61 Å². The molecule has 0 saturated heterocycles. The maximum atomic E-state index is 10.6. The van der Waals surface area contributed by atoms with Crippen molar-refractivity contribution in [3.8, 4) is 0 Å². The highest BCUT2D eigenvalue weighted by atomic mass is 32.1. The summed E-state index contributed by atoms with van der Waals surface area (Å²) in [5.74, 6) is 1.12. The largest absolute Gasteiger partial charge is 0.450 e. The van der Waals surface area contributed by atoms with Crippen molar-refractivity contribution < 1.29 is 9.53 Å². The van der Waals surface area contributed by atoms with E-state index in [2.05, 4.69) is 21.9 Å². The summed E-state index contributed by atoms with van der Waals surface area (Å²) in [6, 6.07) is 2.04. The van der Waals surface area contributed by atoms with Gasteiger partial charge in [0.1, 0.15) is 11.3 Å². The third-order valence-corrected chi connectivity index (χ3v) is 4.94. The highest BCUT2D eigenvalue weighted by Gasteiger charge is 2.14. The molecule has 0 fully saturated rings. The Kier molecular flexibility index (Phi) is 5.30. The van der Waals surface area contributed by atoms with Crippen LogP contribution in [-0.2, 0) is 17.7 Å².